The van der Waals surface area contributed by atoms with E-state index in [1.807, 2.05) is 38.1 Å². The van der Waals surface area contributed by atoms with E-state index in [1.165, 1.54) is 18.0 Å². The van der Waals surface area contributed by atoms with Crippen molar-refractivity contribution >= 4 is 23.5 Å². The van der Waals surface area contributed by atoms with Gasteiger partial charge in [0, 0.05) is 30.0 Å². The Kier molecular flexibility index (Phi) is 5.72. The number of anilines is 1. The van der Waals surface area contributed by atoms with Gasteiger partial charge in [-0.1, -0.05) is 23.7 Å². The van der Waals surface area contributed by atoms with Crippen molar-refractivity contribution in [3.63, 3.8) is 0 Å². The van der Waals surface area contributed by atoms with Gasteiger partial charge >= 0.3 is 0 Å². The van der Waals surface area contributed by atoms with Gasteiger partial charge in [-0.15, -0.1) is 0 Å². The van der Waals surface area contributed by atoms with Crippen LogP contribution in [-0.4, -0.2) is 28.5 Å². The SMILES string of the molecule is CC(C)NC(=O)c1cnc(NCCc2ccc(Cl)cc2)nc1. The van der Waals surface area contributed by atoms with E-state index in [2.05, 4.69) is 20.6 Å². The van der Waals surface area contributed by atoms with Crippen LogP contribution in [0.3, 0.4) is 0 Å². The fourth-order valence-electron chi connectivity index (χ4n) is 1.85. The van der Waals surface area contributed by atoms with Crippen molar-refractivity contribution in [2.24, 2.45) is 0 Å². The van der Waals surface area contributed by atoms with Crippen LogP contribution < -0.4 is 10.6 Å². The van der Waals surface area contributed by atoms with Crippen LogP contribution >= 0.6 is 11.6 Å². The highest BCUT2D eigenvalue weighted by Gasteiger charge is 2.07. The molecule has 5 nitrogen and oxygen atoms in total. The summed E-state index contributed by atoms with van der Waals surface area (Å²) in [5.74, 6) is 0.345. The number of halogens is 1. The molecule has 1 aromatic heterocycles. The van der Waals surface area contributed by atoms with E-state index < -0.39 is 0 Å². The lowest BCUT2D eigenvalue weighted by molar-refractivity contribution is 0.0942. The second-order valence-corrected chi connectivity index (χ2v) is 5.66. The molecule has 2 N–H and O–H groups in total. The summed E-state index contributed by atoms with van der Waals surface area (Å²) in [5.41, 5.74) is 1.64. The Balaban J connectivity index is 1.83. The molecule has 0 bridgehead atoms. The van der Waals surface area contributed by atoms with Crippen LogP contribution in [0.2, 0.25) is 5.02 Å². The Hall–Kier alpha value is -2.14. The number of aromatic nitrogens is 2. The van der Waals surface area contributed by atoms with E-state index in [0.717, 1.165) is 11.4 Å². The molecule has 1 aromatic carbocycles. The van der Waals surface area contributed by atoms with Crippen LogP contribution in [0.15, 0.2) is 36.7 Å². The van der Waals surface area contributed by atoms with Crippen molar-refractivity contribution < 1.29 is 4.79 Å². The number of carbonyl (C=O) groups excluding carboxylic acids is 1. The predicted molar refractivity (Wildman–Crippen MR) is 88.3 cm³/mol. The molecule has 0 fully saturated rings. The van der Waals surface area contributed by atoms with E-state index in [4.69, 9.17) is 11.6 Å². The molecule has 2 aromatic rings. The number of hydrogen-bond donors (Lipinski definition) is 2. The van der Waals surface area contributed by atoms with Crippen LogP contribution in [0, 0.1) is 0 Å². The molecule has 0 aliphatic heterocycles. The van der Waals surface area contributed by atoms with Crippen molar-refractivity contribution in [1.82, 2.24) is 15.3 Å². The summed E-state index contributed by atoms with van der Waals surface area (Å²) in [6.07, 6.45) is 3.89. The van der Waals surface area contributed by atoms with Crippen LogP contribution in [0.25, 0.3) is 0 Å². The lowest BCUT2D eigenvalue weighted by Gasteiger charge is -2.08. The maximum atomic E-state index is 11.8. The van der Waals surface area contributed by atoms with Gasteiger partial charge in [-0.2, -0.15) is 0 Å². The molecule has 0 radical (unpaired) electrons. The van der Waals surface area contributed by atoms with Crippen LogP contribution in [-0.2, 0) is 6.42 Å². The molecule has 116 valence electrons. The van der Waals surface area contributed by atoms with Gasteiger partial charge in [-0.05, 0) is 38.0 Å². The number of nitrogens with one attached hydrogen (secondary N) is 2. The molecule has 2 rings (SSSR count). The number of nitrogens with zero attached hydrogens (tertiary/aromatic N) is 2. The largest absolute Gasteiger partial charge is 0.354 e. The Morgan fingerprint density at radius 3 is 2.41 bits per heavy atom. The first kappa shape index (κ1) is 16.2. The van der Waals surface area contributed by atoms with Crippen molar-refractivity contribution in [3.05, 3.63) is 52.8 Å². The van der Waals surface area contributed by atoms with Crippen LogP contribution in [0.1, 0.15) is 29.8 Å². The molecule has 1 heterocycles. The summed E-state index contributed by atoms with van der Waals surface area (Å²) in [5, 5.41) is 6.66. The fourth-order valence-corrected chi connectivity index (χ4v) is 1.98. The van der Waals surface area contributed by atoms with Crippen LogP contribution in [0.4, 0.5) is 5.95 Å². The first-order valence-corrected chi connectivity index (χ1v) is 7.53. The molecule has 0 saturated carbocycles. The molecule has 0 unspecified atom stereocenters. The normalized spacial score (nSPS) is 10.5. The van der Waals surface area contributed by atoms with E-state index in [-0.39, 0.29) is 11.9 Å². The third kappa shape index (κ3) is 5.00. The maximum absolute atomic E-state index is 11.8. The Labute approximate surface area is 135 Å². The van der Waals surface area contributed by atoms with Gasteiger partial charge in [0.2, 0.25) is 5.95 Å². The minimum absolute atomic E-state index is 0.0877. The number of rotatable bonds is 6. The summed E-state index contributed by atoms with van der Waals surface area (Å²) >= 11 is 5.85. The van der Waals surface area contributed by atoms with Crippen molar-refractivity contribution in [1.29, 1.82) is 0 Å². The topological polar surface area (TPSA) is 66.9 Å². The Morgan fingerprint density at radius 1 is 1.18 bits per heavy atom. The quantitative estimate of drug-likeness (QED) is 0.859. The van der Waals surface area contributed by atoms with Crippen LogP contribution in [0.5, 0.6) is 0 Å². The third-order valence-electron chi connectivity index (χ3n) is 2.94. The van der Waals surface area contributed by atoms with E-state index in [0.29, 0.717) is 18.1 Å². The van der Waals surface area contributed by atoms with E-state index in [1.54, 1.807) is 0 Å². The summed E-state index contributed by atoms with van der Waals surface area (Å²) in [4.78, 5) is 20.1. The molecular weight excluding hydrogens is 300 g/mol. The van der Waals surface area contributed by atoms with Gasteiger partial charge in [-0.3, -0.25) is 4.79 Å². The van der Waals surface area contributed by atoms with Gasteiger partial charge in [0.25, 0.3) is 5.91 Å². The van der Waals surface area contributed by atoms with Crippen molar-refractivity contribution in [2.45, 2.75) is 26.3 Å². The first-order valence-electron chi connectivity index (χ1n) is 7.16. The average Bonchev–Trinajstić information content (AvgIpc) is 2.49. The summed E-state index contributed by atoms with van der Waals surface area (Å²) in [7, 11) is 0. The van der Waals surface area contributed by atoms with Crippen molar-refractivity contribution in [3.8, 4) is 0 Å². The van der Waals surface area contributed by atoms with E-state index in [9.17, 15) is 4.79 Å². The molecular formula is C16H19ClN4O. The predicted octanol–water partition coefficient (Wildman–Crippen LogP) is 2.92. The van der Waals surface area contributed by atoms with Gasteiger partial charge in [0.15, 0.2) is 0 Å². The van der Waals surface area contributed by atoms with Gasteiger partial charge < -0.3 is 10.6 Å². The lowest BCUT2D eigenvalue weighted by Crippen LogP contribution is -2.30. The molecule has 0 spiro atoms. The van der Waals surface area contributed by atoms with E-state index >= 15 is 0 Å². The average molecular weight is 319 g/mol. The zero-order valence-electron chi connectivity index (χ0n) is 12.6. The summed E-state index contributed by atoms with van der Waals surface area (Å²) in [6.45, 7) is 4.52. The zero-order chi connectivity index (χ0) is 15.9. The smallest absolute Gasteiger partial charge is 0.254 e. The highest BCUT2D eigenvalue weighted by molar-refractivity contribution is 6.30. The minimum Gasteiger partial charge on any atom is -0.354 e. The number of amides is 1. The highest BCUT2D eigenvalue weighted by atomic mass is 35.5. The molecule has 1 amide bonds. The van der Waals surface area contributed by atoms with Gasteiger partial charge in [0.1, 0.15) is 0 Å². The molecule has 6 heteroatoms. The second kappa shape index (κ2) is 7.75. The fraction of sp³-hybridized carbons (Fsp3) is 0.312. The number of carbonyl (C=O) groups is 1. The van der Waals surface area contributed by atoms with Gasteiger partial charge in [0.05, 0.1) is 5.56 Å². The Bertz CT molecular complexity index is 611. The maximum Gasteiger partial charge on any atom is 0.254 e. The Morgan fingerprint density at radius 2 is 1.82 bits per heavy atom. The lowest BCUT2D eigenvalue weighted by atomic mass is 10.1. The third-order valence-corrected chi connectivity index (χ3v) is 3.20. The number of benzene rings is 1. The summed E-state index contributed by atoms with van der Waals surface area (Å²) < 4.78 is 0. The summed E-state index contributed by atoms with van der Waals surface area (Å²) in [6, 6.07) is 7.81. The minimum atomic E-state index is -0.164. The zero-order valence-corrected chi connectivity index (χ0v) is 13.4. The van der Waals surface area contributed by atoms with Crippen molar-refractivity contribution in [2.75, 3.05) is 11.9 Å². The standard InChI is InChI=1S/C16H19ClN4O/c1-11(2)21-15(22)13-9-19-16(20-10-13)18-8-7-12-3-5-14(17)6-4-12/h3-6,9-11H,7-8H2,1-2H3,(H,21,22)(H,18,19,20). The first-order chi connectivity index (χ1) is 10.5. The van der Waals surface area contributed by atoms with Gasteiger partial charge in [-0.25, -0.2) is 9.97 Å². The molecule has 22 heavy (non-hydrogen) atoms. The second-order valence-electron chi connectivity index (χ2n) is 5.23. The monoisotopic (exact) mass is 318 g/mol. The highest BCUT2D eigenvalue weighted by Crippen LogP contribution is 2.10. The molecule has 0 atom stereocenters. The molecule has 0 saturated heterocycles. The molecule has 0 aliphatic carbocycles. The number of hydrogen-bond acceptors (Lipinski definition) is 4. The molecule has 0 aliphatic rings.